The first-order chi connectivity index (χ1) is 29.4. The number of unbranched alkanes of at least 4 members (excludes halogenated alkanes) is 15. The van der Waals surface area contributed by atoms with E-state index in [4.69, 9.17) is 18.5 Å². The predicted molar refractivity (Wildman–Crippen MR) is 239 cm³/mol. The van der Waals surface area contributed by atoms with Gasteiger partial charge < -0.3 is 39.9 Å². The van der Waals surface area contributed by atoms with Gasteiger partial charge in [0.1, 0.15) is 43.2 Å². The van der Waals surface area contributed by atoms with Crippen molar-refractivity contribution < 1.29 is 63.1 Å². The van der Waals surface area contributed by atoms with Crippen molar-refractivity contribution in [3.8, 4) is 0 Å². The van der Waals surface area contributed by atoms with Crippen molar-refractivity contribution in [2.45, 2.75) is 211 Å². The Morgan fingerprint density at radius 1 is 0.508 bits per heavy atom. The van der Waals surface area contributed by atoms with Crippen molar-refractivity contribution >= 4 is 19.8 Å². The quantitative estimate of drug-likeness (QED) is 0.0149. The molecule has 8 atom stereocenters. The summed E-state index contributed by atoms with van der Waals surface area (Å²) in [5.41, 5.74) is 0. The van der Waals surface area contributed by atoms with Gasteiger partial charge in [-0.1, -0.05) is 139 Å². The van der Waals surface area contributed by atoms with Crippen molar-refractivity contribution in [1.82, 2.24) is 0 Å². The highest BCUT2D eigenvalue weighted by Gasteiger charge is 2.51. The fraction of sp³-hybridized carbons (Fsp3) is 0.745. The maximum Gasteiger partial charge on any atom is 0.472 e. The average Bonchev–Trinajstić information content (AvgIpc) is 3.24. The Labute approximate surface area is 366 Å². The smallest absolute Gasteiger partial charge is 0.462 e. The van der Waals surface area contributed by atoms with Crippen LogP contribution in [-0.4, -0.2) is 98.3 Å². The first-order valence-corrected chi connectivity index (χ1v) is 24.6. The number of hydrogen-bond donors (Lipinski definition) is 6. The maximum atomic E-state index is 12.8. The summed E-state index contributed by atoms with van der Waals surface area (Å²) >= 11 is 0. The molecule has 61 heavy (non-hydrogen) atoms. The molecule has 0 aromatic carbocycles. The molecule has 0 aliphatic heterocycles. The van der Waals surface area contributed by atoms with E-state index in [0.29, 0.717) is 19.3 Å². The van der Waals surface area contributed by atoms with Crippen molar-refractivity contribution in [3.05, 3.63) is 60.8 Å². The second kappa shape index (κ2) is 37.0. The number of allylic oxidation sites excluding steroid dienone is 10. The van der Waals surface area contributed by atoms with Gasteiger partial charge in [-0.15, -0.1) is 0 Å². The second-order valence-corrected chi connectivity index (χ2v) is 17.3. The summed E-state index contributed by atoms with van der Waals surface area (Å²) in [5.74, 6) is -1.18. The molecule has 1 aliphatic rings. The van der Waals surface area contributed by atoms with E-state index in [1.165, 1.54) is 57.8 Å². The van der Waals surface area contributed by atoms with Crippen LogP contribution in [0.2, 0.25) is 0 Å². The molecule has 0 bridgehead atoms. The number of ether oxygens (including phenoxy) is 2. The lowest BCUT2D eigenvalue weighted by Crippen LogP contribution is -2.64. The number of aliphatic hydroxyl groups excluding tert-OH is 5. The van der Waals surface area contributed by atoms with Crippen molar-refractivity contribution in [2.24, 2.45) is 0 Å². The minimum absolute atomic E-state index is 0.0677. The SMILES string of the molecule is CCCCC/C=C\C/C=C\CCCCCCCC(=O)O[C@H](COC(=O)CCC/C=C\C/C=C\C/C=C\CCCCCCCC)COP(=O)(O)OC1C(O)C(O)C(O)[C@@H](O)C1O. The molecular weight excluding hydrogens is 803 g/mol. The fourth-order valence-corrected chi connectivity index (χ4v) is 7.54. The number of rotatable bonds is 37. The number of aliphatic hydroxyl groups is 5. The lowest BCUT2D eigenvalue weighted by molar-refractivity contribution is -0.220. The number of carbonyl (C=O) groups is 2. The summed E-state index contributed by atoms with van der Waals surface area (Å²) in [7, 11) is -5.13. The molecule has 352 valence electrons. The number of phosphoric ester groups is 1. The van der Waals surface area contributed by atoms with E-state index >= 15 is 0 Å². The summed E-state index contributed by atoms with van der Waals surface area (Å²) in [4.78, 5) is 35.7. The third kappa shape index (κ3) is 29.5. The van der Waals surface area contributed by atoms with E-state index in [1.807, 2.05) is 12.2 Å². The van der Waals surface area contributed by atoms with Crippen LogP contribution < -0.4 is 0 Å². The maximum absolute atomic E-state index is 12.8. The second-order valence-electron chi connectivity index (χ2n) is 15.9. The third-order valence-corrected chi connectivity index (χ3v) is 11.3. The van der Waals surface area contributed by atoms with Gasteiger partial charge in [-0.3, -0.25) is 18.6 Å². The van der Waals surface area contributed by atoms with Gasteiger partial charge in [0.15, 0.2) is 6.10 Å². The van der Waals surface area contributed by atoms with Crippen LogP contribution in [0.15, 0.2) is 60.8 Å². The zero-order chi connectivity index (χ0) is 45.0. The highest BCUT2D eigenvalue weighted by Crippen LogP contribution is 2.47. The molecule has 1 aliphatic carbocycles. The Hall–Kier alpha value is -2.45. The summed E-state index contributed by atoms with van der Waals surface area (Å²) in [5, 5.41) is 50.1. The molecule has 1 fully saturated rings. The van der Waals surface area contributed by atoms with Crippen LogP contribution in [0, 0.1) is 0 Å². The first-order valence-electron chi connectivity index (χ1n) is 23.1. The van der Waals surface area contributed by atoms with E-state index in [1.54, 1.807) is 0 Å². The van der Waals surface area contributed by atoms with Crippen LogP contribution in [0.4, 0.5) is 0 Å². The molecular formula is C47H81O13P. The van der Waals surface area contributed by atoms with Crippen LogP contribution in [0.5, 0.6) is 0 Å². The largest absolute Gasteiger partial charge is 0.472 e. The highest BCUT2D eigenvalue weighted by atomic mass is 31.2. The zero-order valence-corrected chi connectivity index (χ0v) is 38.1. The van der Waals surface area contributed by atoms with Gasteiger partial charge in [0.05, 0.1) is 6.61 Å². The fourth-order valence-electron chi connectivity index (χ4n) is 6.57. The van der Waals surface area contributed by atoms with Gasteiger partial charge in [0, 0.05) is 12.8 Å². The topological polar surface area (TPSA) is 210 Å². The molecule has 0 amide bonds. The molecule has 1 saturated carbocycles. The molecule has 0 saturated heterocycles. The van der Waals surface area contributed by atoms with Gasteiger partial charge in [-0.2, -0.15) is 0 Å². The lowest BCUT2D eigenvalue weighted by atomic mass is 9.85. The lowest BCUT2D eigenvalue weighted by Gasteiger charge is -2.41. The molecule has 0 aromatic heterocycles. The van der Waals surface area contributed by atoms with E-state index < -0.39 is 75.7 Å². The Morgan fingerprint density at radius 3 is 1.43 bits per heavy atom. The zero-order valence-electron chi connectivity index (χ0n) is 37.2. The molecule has 0 heterocycles. The minimum atomic E-state index is -5.13. The number of hydrogen-bond acceptors (Lipinski definition) is 12. The molecule has 0 aromatic rings. The van der Waals surface area contributed by atoms with E-state index in [0.717, 1.165) is 64.2 Å². The van der Waals surface area contributed by atoms with Gasteiger partial charge in [0.2, 0.25) is 0 Å². The van der Waals surface area contributed by atoms with Gasteiger partial charge in [0.25, 0.3) is 0 Å². The van der Waals surface area contributed by atoms with Crippen LogP contribution in [0.1, 0.15) is 168 Å². The van der Waals surface area contributed by atoms with Crippen LogP contribution in [0.25, 0.3) is 0 Å². The standard InChI is InChI=1S/C47H81O13P/c1-3-5-7-9-11-13-15-17-19-20-22-23-25-27-29-31-33-35-40(48)57-37-39(38-58-61(55,56)60-47-45(53)43(51)42(50)44(52)46(47)54)59-41(49)36-34-32-30-28-26-24-21-18-16-14-12-10-8-6-4-2/h12,14,17-19,21-23,27,29,39,42-47,50-54H,3-11,13,15-16,20,24-26,28,30-38H2,1-2H3,(H,55,56)/b14-12-,19-17-,21-18-,23-22-,29-27-/t39-,42?,43-,44?,45?,46?,47?/m1/s1. The number of esters is 2. The molecule has 13 nitrogen and oxygen atoms in total. The Bertz CT molecular complexity index is 1300. The van der Waals surface area contributed by atoms with E-state index in [2.05, 4.69) is 62.5 Å². The molecule has 0 radical (unpaired) electrons. The van der Waals surface area contributed by atoms with Crippen molar-refractivity contribution in [3.63, 3.8) is 0 Å². The van der Waals surface area contributed by atoms with Gasteiger partial charge >= 0.3 is 19.8 Å². The van der Waals surface area contributed by atoms with Crippen LogP contribution >= 0.6 is 7.82 Å². The number of carbonyl (C=O) groups excluding carboxylic acids is 2. The average molecular weight is 885 g/mol. The van der Waals surface area contributed by atoms with Crippen LogP contribution in [0.3, 0.4) is 0 Å². The summed E-state index contributed by atoms with van der Waals surface area (Å²) in [6, 6.07) is 0. The Balaban J connectivity index is 2.52. The highest BCUT2D eigenvalue weighted by molar-refractivity contribution is 7.47. The van der Waals surface area contributed by atoms with Gasteiger partial charge in [-0.05, 0) is 77.0 Å². The Morgan fingerprint density at radius 2 is 0.902 bits per heavy atom. The molecule has 1 rings (SSSR count). The first kappa shape index (κ1) is 56.6. The molecule has 6 unspecified atom stereocenters. The number of phosphoric acid groups is 1. The molecule has 14 heteroatoms. The summed E-state index contributed by atoms with van der Waals surface area (Å²) < 4.78 is 33.4. The van der Waals surface area contributed by atoms with Crippen molar-refractivity contribution in [2.75, 3.05) is 13.2 Å². The minimum Gasteiger partial charge on any atom is -0.462 e. The van der Waals surface area contributed by atoms with Gasteiger partial charge in [-0.25, -0.2) is 4.57 Å². The molecule has 0 spiro atoms. The van der Waals surface area contributed by atoms with E-state index in [9.17, 15) is 44.6 Å². The van der Waals surface area contributed by atoms with E-state index in [-0.39, 0.29) is 12.8 Å². The normalized spacial score (nSPS) is 22.6. The summed E-state index contributed by atoms with van der Waals surface area (Å²) in [6.45, 7) is 3.20. The molecule has 6 N–H and O–H groups in total. The van der Waals surface area contributed by atoms with Crippen LogP contribution in [-0.2, 0) is 32.7 Å². The van der Waals surface area contributed by atoms with Crippen molar-refractivity contribution in [1.29, 1.82) is 0 Å². The predicted octanol–water partition coefficient (Wildman–Crippen LogP) is 8.94. The monoisotopic (exact) mass is 885 g/mol. The third-order valence-electron chi connectivity index (χ3n) is 10.3. The summed E-state index contributed by atoms with van der Waals surface area (Å²) in [6.07, 6.45) is 31.4. The Kier molecular flexibility index (Phi) is 34.3.